The van der Waals surface area contributed by atoms with Gasteiger partial charge in [0, 0.05) is 12.1 Å². The smallest absolute Gasteiger partial charge is 0.324 e. The summed E-state index contributed by atoms with van der Waals surface area (Å²) in [5.74, 6) is 0.248. The first kappa shape index (κ1) is 18.7. The summed E-state index contributed by atoms with van der Waals surface area (Å²) in [4.78, 5) is 12.4. The standard InChI is InChI=1S/C17H25NO5S/c1-3-12-24(20,21)18-11-7-9-15(18)17(19)23-13-14-8-5-6-10-16(14)22-4-2/h5-6,8,10,15H,3-4,7,9,11-13H2,1-2H3. The van der Waals surface area contributed by atoms with Crippen LogP contribution in [0.15, 0.2) is 24.3 Å². The molecule has 1 aliphatic heterocycles. The topological polar surface area (TPSA) is 72.9 Å². The lowest BCUT2D eigenvalue weighted by Crippen LogP contribution is -2.42. The molecule has 7 heteroatoms. The van der Waals surface area contributed by atoms with Gasteiger partial charge in [0.25, 0.3) is 0 Å². The van der Waals surface area contributed by atoms with Crippen LogP contribution in [0.1, 0.15) is 38.7 Å². The van der Waals surface area contributed by atoms with Crippen LogP contribution in [0.4, 0.5) is 0 Å². The maximum absolute atomic E-state index is 12.4. The second-order valence-electron chi connectivity index (χ2n) is 5.73. The largest absolute Gasteiger partial charge is 0.493 e. The molecule has 1 unspecified atom stereocenters. The molecule has 1 fully saturated rings. The zero-order chi connectivity index (χ0) is 17.6. The molecule has 24 heavy (non-hydrogen) atoms. The van der Waals surface area contributed by atoms with Crippen molar-refractivity contribution in [2.24, 2.45) is 0 Å². The Labute approximate surface area is 143 Å². The summed E-state index contributed by atoms with van der Waals surface area (Å²) in [6.07, 6.45) is 1.72. The highest BCUT2D eigenvalue weighted by atomic mass is 32.2. The Kier molecular flexibility index (Phi) is 6.62. The number of hydrogen-bond acceptors (Lipinski definition) is 5. The van der Waals surface area contributed by atoms with Gasteiger partial charge in [-0.1, -0.05) is 25.1 Å². The highest BCUT2D eigenvalue weighted by molar-refractivity contribution is 7.89. The van der Waals surface area contributed by atoms with Crippen molar-refractivity contribution in [3.05, 3.63) is 29.8 Å². The number of rotatable bonds is 8. The zero-order valence-electron chi connectivity index (χ0n) is 14.2. The molecule has 2 rings (SSSR count). The molecule has 134 valence electrons. The summed E-state index contributed by atoms with van der Waals surface area (Å²) in [6.45, 7) is 4.69. The minimum atomic E-state index is -3.40. The van der Waals surface area contributed by atoms with E-state index in [1.165, 1.54) is 4.31 Å². The van der Waals surface area contributed by atoms with Gasteiger partial charge in [-0.2, -0.15) is 4.31 Å². The maximum Gasteiger partial charge on any atom is 0.324 e. The van der Waals surface area contributed by atoms with Crippen LogP contribution in [0, 0.1) is 0 Å². The summed E-state index contributed by atoms with van der Waals surface area (Å²) in [6, 6.07) is 6.64. The van der Waals surface area contributed by atoms with Crippen LogP contribution in [0.25, 0.3) is 0 Å². The Morgan fingerprint density at radius 1 is 1.29 bits per heavy atom. The van der Waals surface area contributed by atoms with Crippen molar-refractivity contribution in [3.63, 3.8) is 0 Å². The molecule has 1 saturated heterocycles. The lowest BCUT2D eigenvalue weighted by molar-refractivity contribution is -0.148. The van der Waals surface area contributed by atoms with E-state index in [0.717, 1.165) is 5.56 Å². The van der Waals surface area contributed by atoms with Crippen LogP contribution in [0.3, 0.4) is 0 Å². The van der Waals surface area contributed by atoms with Gasteiger partial charge < -0.3 is 9.47 Å². The van der Waals surface area contributed by atoms with Crippen LogP contribution in [-0.4, -0.2) is 43.6 Å². The fourth-order valence-electron chi connectivity index (χ4n) is 2.85. The molecule has 0 spiro atoms. The third-order valence-electron chi connectivity index (χ3n) is 3.94. The van der Waals surface area contributed by atoms with Gasteiger partial charge in [0.1, 0.15) is 18.4 Å². The van der Waals surface area contributed by atoms with Crippen LogP contribution < -0.4 is 4.74 Å². The highest BCUT2D eigenvalue weighted by Gasteiger charge is 2.39. The van der Waals surface area contributed by atoms with Crippen LogP contribution in [-0.2, 0) is 26.2 Å². The molecule has 1 atom stereocenters. The van der Waals surface area contributed by atoms with Crippen molar-refractivity contribution >= 4 is 16.0 Å². The number of para-hydroxylation sites is 1. The molecule has 0 saturated carbocycles. The summed E-state index contributed by atoms with van der Waals surface area (Å²) in [5, 5.41) is 0. The summed E-state index contributed by atoms with van der Waals surface area (Å²) in [5.41, 5.74) is 0.772. The monoisotopic (exact) mass is 355 g/mol. The molecule has 0 bridgehead atoms. The zero-order valence-corrected chi connectivity index (χ0v) is 15.0. The van der Waals surface area contributed by atoms with E-state index >= 15 is 0 Å². The summed E-state index contributed by atoms with van der Waals surface area (Å²) < 4.78 is 36.7. The number of carbonyl (C=O) groups is 1. The minimum absolute atomic E-state index is 0.0595. The summed E-state index contributed by atoms with van der Waals surface area (Å²) >= 11 is 0. The van der Waals surface area contributed by atoms with Crippen LogP contribution in [0.2, 0.25) is 0 Å². The summed E-state index contributed by atoms with van der Waals surface area (Å²) in [7, 11) is -3.40. The van der Waals surface area contributed by atoms with Crippen LogP contribution >= 0.6 is 0 Å². The molecule has 0 N–H and O–H groups in total. The fourth-order valence-corrected chi connectivity index (χ4v) is 4.59. The average molecular weight is 355 g/mol. The Balaban J connectivity index is 2.02. The van der Waals surface area contributed by atoms with E-state index in [0.29, 0.717) is 38.2 Å². The number of sulfonamides is 1. The van der Waals surface area contributed by atoms with Gasteiger partial charge in [0.05, 0.1) is 12.4 Å². The number of nitrogens with zero attached hydrogens (tertiary/aromatic N) is 1. The molecule has 1 aliphatic rings. The number of hydrogen-bond donors (Lipinski definition) is 0. The van der Waals surface area contributed by atoms with Gasteiger partial charge in [-0.25, -0.2) is 8.42 Å². The lowest BCUT2D eigenvalue weighted by Gasteiger charge is -2.22. The van der Waals surface area contributed by atoms with E-state index in [4.69, 9.17) is 9.47 Å². The average Bonchev–Trinajstić information content (AvgIpc) is 3.05. The van der Waals surface area contributed by atoms with Crippen molar-refractivity contribution < 1.29 is 22.7 Å². The van der Waals surface area contributed by atoms with Gasteiger partial charge in [0.2, 0.25) is 10.0 Å². The highest BCUT2D eigenvalue weighted by Crippen LogP contribution is 2.24. The van der Waals surface area contributed by atoms with E-state index in [1.807, 2.05) is 38.1 Å². The SMILES string of the molecule is CCCS(=O)(=O)N1CCCC1C(=O)OCc1ccccc1OCC. The second kappa shape index (κ2) is 8.48. The predicted octanol–water partition coefficient (Wildman–Crippen LogP) is 2.33. The fraction of sp³-hybridized carbons (Fsp3) is 0.588. The Morgan fingerprint density at radius 3 is 2.75 bits per heavy atom. The van der Waals surface area contributed by atoms with E-state index in [1.54, 1.807) is 0 Å². The maximum atomic E-state index is 12.4. The minimum Gasteiger partial charge on any atom is -0.493 e. The molecule has 1 heterocycles. The van der Waals surface area contributed by atoms with Gasteiger partial charge in [-0.15, -0.1) is 0 Å². The molecule has 1 aromatic carbocycles. The molecular weight excluding hydrogens is 330 g/mol. The first-order chi connectivity index (χ1) is 11.5. The van der Waals surface area contributed by atoms with Gasteiger partial charge >= 0.3 is 5.97 Å². The number of benzene rings is 1. The quantitative estimate of drug-likeness (QED) is 0.669. The van der Waals surface area contributed by atoms with Gasteiger partial charge in [-0.05, 0) is 32.3 Å². The van der Waals surface area contributed by atoms with Crippen molar-refractivity contribution in [2.75, 3.05) is 18.9 Å². The third kappa shape index (κ3) is 4.48. The molecule has 0 aromatic heterocycles. The van der Waals surface area contributed by atoms with E-state index in [9.17, 15) is 13.2 Å². The Bertz CT molecular complexity index is 659. The molecule has 1 aromatic rings. The van der Waals surface area contributed by atoms with Crippen molar-refractivity contribution in [1.29, 1.82) is 0 Å². The van der Waals surface area contributed by atoms with Crippen molar-refractivity contribution in [1.82, 2.24) is 4.31 Å². The van der Waals surface area contributed by atoms with E-state index in [2.05, 4.69) is 0 Å². The van der Waals surface area contributed by atoms with Crippen molar-refractivity contribution in [2.45, 2.75) is 45.8 Å². The number of ether oxygens (including phenoxy) is 2. The normalized spacial score (nSPS) is 18.5. The van der Waals surface area contributed by atoms with E-state index in [-0.39, 0.29) is 12.4 Å². The molecular formula is C17H25NO5S. The number of carbonyl (C=O) groups excluding carboxylic acids is 1. The Morgan fingerprint density at radius 2 is 2.04 bits per heavy atom. The van der Waals surface area contributed by atoms with Gasteiger partial charge in [0.15, 0.2) is 0 Å². The third-order valence-corrected chi connectivity index (χ3v) is 6.01. The predicted molar refractivity (Wildman–Crippen MR) is 91.2 cm³/mol. The molecule has 0 radical (unpaired) electrons. The first-order valence-corrected chi connectivity index (χ1v) is 9.97. The second-order valence-corrected chi connectivity index (χ2v) is 7.77. The van der Waals surface area contributed by atoms with Gasteiger partial charge in [-0.3, -0.25) is 4.79 Å². The molecule has 0 aliphatic carbocycles. The lowest BCUT2D eigenvalue weighted by atomic mass is 10.2. The molecule has 6 nitrogen and oxygen atoms in total. The number of esters is 1. The Hall–Kier alpha value is -1.60. The van der Waals surface area contributed by atoms with Crippen LogP contribution in [0.5, 0.6) is 5.75 Å². The van der Waals surface area contributed by atoms with Crippen molar-refractivity contribution in [3.8, 4) is 5.75 Å². The van der Waals surface area contributed by atoms with E-state index < -0.39 is 22.0 Å². The molecule has 0 amide bonds. The first-order valence-electron chi connectivity index (χ1n) is 8.36.